The van der Waals surface area contributed by atoms with Crippen molar-refractivity contribution in [2.75, 3.05) is 17.3 Å². The zero-order chi connectivity index (χ0) is 14.7. The lowest BCUT2D eigenvalue weighted by atomic mass is 10.1. The molecule has 2 aromatic carbocycles. The molecule has 0 atom stereocenters. The second-order valence-corrected chi connectivity index (χ2v) is 5.21. The van der Waals surface area contributed by atoms with Gasteiger partial charge in [0, 0.05) is 18.4 Å². The van der Waals surface area contributed by atoms with Gasteiger partial charge in [-0.2, -0.15) is 0 Å². The number of nitrogens with one attached hydrogen (secondary N) is 1. The molecule has 0 heterocycles. The van der Waals surface area contributed by atoms with E-state index < -0.39 is 0 Å². The Bertz CT molecular complexity index is 623. The van der Waals surface area contributed by atoms with E-state index in [1.54, 1.807) is 12.1 Å². The van der Waals surface area contributed by atoms with Crippen LogP contribution in [0.5, 0.6) is 5.75 Å². The maximum absolute atomic E-state index is 9.31. The Morgan fingerprint density at radius 2 is 1.75 bits per heavy atom. The highest BCUT2D eigenvalue weighted by Gasteiger charge is 2.08. The molecule has 0 fully saturated rings. The molecule has 2 aromatic rings. The number of aromatic hydroxyl groups is 1. The van der Waals surface area contributed by atoms with E-state index in [2.05, 4.69) is 30.4 Å². The first kappa shape index (κ1) is 14.3. The number of phenolic OH excluding ortho intramolecular Hbond substituents is 1. The van der Waals surface area contributed by atoms with E-state index in [-0.39, 0.29) is 5.75 Å². The maximum Gasteiger partial charge on any atom is 0.177 e. The van der Waals surface area contributed by atoms with Gasteiger partial charge in [-0.1, -0.05) is 12.1 Å². The van der Waals surface area contributed by atoms with Crippen molar-refractivity contribution >= 4 is 28.7 Å². The molecule has 0 saturated carbocycles. The molecule has 4 heteroatoms. The Hall–Kier alpha value is -2.07. The predicted octanol–water partition coefficient (Wildman–Crippen LogP) is 3.84. The van der Waals surface area contributed by atoms with Crippen LogP contribution in [0.25, 0.3) is 0 Å². The number of thiocarbonyl (C=S) groups is 1. The molecule has 0 aliphatic carbocycles. The van der Waals surface area contributed by atoms with E-state index in [4.69, 9.17) is 12.2 Å². The fraction of sp³-hybridized carbons (Fsp3) is 0.188. The topological polar surface area (TPSA) is 35.5 Å². The molecule has 0 aromatic heterocycles. The van der Waals surface area contributed by atoms with Crippen LogP contribution in [0, 0.1) is 13.8 Å². The third kappa shape index (κ3) is 3.27. The van der Waals surface area contributed by atoms with Crippen molar-refractivity contribution in [2.24, 2.45) is 0 Å². The Morgan fingerprint density at radius 1 is 1.10 bits per heavy atom. The van der Waals surface area contributed by atoms with Gasteiger partial charge in [0.25, 0.3) is 0 Å². The summed E-state index contributed by atoms with van der Waals surface area (Å²) in [5.74, 6) is 0.246. The molecule has 0 amide bonds. The fourth-order valence-electron chi connectivity index (χ4n) is 1.86. The number of hydrogen-bond acceptors (Lipinski definition) is 2. The first-order valence-corrected chi connectivity index (χ1v) is 6.79. The highest BCUT2D eigenvalue weighted by Crippen LogP contribution is 2.20. The van der Waals surface area contributed by atoms with Gasteiger partial charge in [-0.3, -0.25) is 0 Å². The third-order valence-corrected chi connectivity index (χ3v) is 3.55. The van der Waals surface area contributed by atoms with Crippen LogP contribution in [-0.2, 0) is 0 Å². The number of nitrogens with zero attached hydrogens (tertiary/aromatic N) is 1. The van der Waals surface area contributed by atoms with E-state index in [9.17, 15) is 5.11 Å². The molecule has 2 rings (SSSR count). The van der Waals surface area contributed by atoms with E-state index in [0.29, 0.717) is 5.11 Å². The van der Waals surface area contributed by atoms with E-state index in [1.165, 1.54) is 5.56 Å². The van der Waals surface area contributed by atoms with Gasteiger partial charge in [0.2, 0.25) is 0 Å². The van der Waals surface area contributed by atoms with Gasteiger partial charge in [0.05, 0.1) is 0 Å². The molecule has 0 unspecified atom stereocenters. The van der Waals surface area contributed by atoms with Crippen molar-refractivity contribution in [1.82, 2.24) is 0 Å². The standard InChI is InChI=1S/C16H18N2OS/c1-11-4-5-12(2)15(10-11)17-16(20)18(3)13-6-8-14(19)9-7-13/h4-10,19H,1-3H3,(H,17,20). The summed E-state index contributed by atoms with van der Waals surface area (Å²) in [5, 5.41) is 13.2. The van der Waals surface area contributed by atoms with Crippen molar-refractivity contribution in [3.63, 3.8) is 0 Å². The number of anilines is 2. The minimum absolute atomic E-state index is 0.246. The zero-order valence-corrected chi connectivity index (χ0v) is 12.7. The molecule has 0 aliphatic heterocycles. The Morgan fingerprint density at radius 3 is 2.40 bits per heavy atom. The number of rotatable bonds is 2. The first-order chi connectivity index (χ1) is 9.47. The average molecular weight is 286 g/mol. The lowest BCUT2D eigenvalue weighted by Gasteiger charge is -2.22. The third-order valence-electron chi connectivity index (χ3n) is 3.18. The van der Waals surface area contributed by atoms with E-state index in [0.717, 1.165) is 16.9 Å². The molecular formula is C16H18N2OS. The summed E-state index contributed by atoms with van der Waals surface area (Å²) in [5.41, 5.74) is 4.27. The molecule has 0 spiro atoms. The Labute approximate surface area is 124 Å². The Balaban J connectivity index is 2.15. The lowest BCUT2D eigenvalue weighted by Crippen LogP contribution is -2.31. The van der Waals surface area contributed by atoms with Crippen molar-refractivity contribution in [2.45, 2.75) is 13.8 Å². The fourth-order valence-corrected chi connectivity index (χ4v) is 2.08. The smallest absolute Gasteiger partial charge is 0.177 e. The van der Waals surface area contributed by atoms with Gasteiger partial charge in [0.15, 0.2) is 5.11 Å². The number of aryl methyl sites for hydroxylation is 2. The van der Waals surface area contributed by atoms with Crippen molar-refractivity contribution in [3.8, 4) is 5.75 Å². The molecule has 3 nitrogen and oxygen atoms in total. The summed E-state index contributed by atoms with van der Waals surface area (Å²) in [6.45, 7) is 4.10. The summed E-state index contributed by atoms with van der Waals surface area (Å²) >= 11 is 5.43. The predicted molar refractivity (Wildman–Crippen MR) is 88.6 cm³/mol. The summed E-state index contributed by atoms with van der Waals surface area (Å²) in [6, 6.07) is 13.2. The first-order valence-electron chi connectivity index (χ1n) is 6.38. The van der Waals surface area contributed by atoms with E-state index in [1.807, 2.05) is 31.0 Å². The molecular weight excluding hydrogens is 268 g/mol. The van der Waals surface area contributed by atoms with Crippen LogP contribution in [-0.4, -0.2) is 17.3 Å². The molecule has 0 aliphatic rings. The van der Waals surface area contributed by atoms with Crippen molar-refractivity contribution in [3.05, 3.63) is 53.6 Å². The van der Waals surface area contributed by atoms with Gasteiger partial charge < -0.3 is 15.3 Å². The lowest BCUT2D eigenvalue weighted by molar-refractivity contribution is 0.475. The molecule has 0 bridgehead atoms. The maximum atomic E-state index is 9.31. The second-order valence-electron chi connectivity index (χ2n) is 4.82. The van der Waals surface area contributed by atoms with Crippen LogP contribution in [0.3, 0.4) is 0 Å². The van der Waals surface area contributed by atoms with Gasteiger partial charge in [0.1, 0.15) is 5.75 Å². The number of hydrogen-bond donors (Lipinski definition) is 2. The van der Waals surface area contributed by atoms with Gasteiger partial charge >= 0.3 is 0 Å². The van der Waals surface area contributed by atoms with Gasteiger partial charge in [-0.15, -0.1) is 0 Å². The summed E-state index contributed by atoms with van der Waals surface area (Å²) in [4.78, 5) is 1.87. The van der Waals surface area contributed by atoms with Crippen LogP contribution in [0.15, 0.2) is 42.5 Å². The monoisotopic (exact) mass is 286 g/mol. The SMILES string of the molecule is Cc1ccc(C)c(NC(=S)N(C)c2ccc(O)cc2)c1. The molecule has 0 radical (unpaired) electrons. The molecule has 0 saturated heterocycles. The molecule has 104 valence electrons. The van der Waals surface area contributed by atoms with Crippen LogP contribution in [0.2, 0.25) is 0 Å². The van der Waals surface area contributed by atoms with Crippen molar-refractivity contribution in [1.29, 1.82) is 0 Å². The van der Waals surface area contributed by atoms with Crippen LogP contribution >= 0.6 is 12.2 Å². The minimum atomic E-state index is 0.246. The zero-order valence-electron chi connectivity index (χ0n) is 11.8. The van der Waals surface area contributed by atoms with Gasteiger partial charge in [-0.05, 0) is 67.5 Å². The number of benzene rings is 2. The highest BCUT2D eigenvalue weighted by molar-refractivity contribution is 7.80. The summed E-state index contributed by atoms with van der Waals surface area (Å²) in [7, 11) is 1.90. The summed E-state index contributed by atoms with van der Waals surface area (Å²) in [6.07, 6.45) is 0. The summed E-state index contributed by atoms with van der Waals surface area (Å²) < 4.78 is 0. The average Bonchev–Trinajstić information content (AvgIpc) is 2.43. The van der Waals surface area contributed by atoms with Crippen LogP contribution in [0.4, 0.5) is 11.4 Å². The number of phenols is 1. The van der Waals surface area contributed by atoms with E-state index >= 15 is 0 Å². The quantitative estimate of drug-likeness (QED) is 0.822. The molecule has 2 N–H and O–H groups in total. The van der Waals surface area contributed by atoms with Crippen LogP contribution in [0.1, 0.15) is 11.1 Å². The molecule has 20 heavy (non-hydrogen) atoms. The van der Waals surface area contributed by atoms with Crippen LogP contribution < -0.4 is 10.2 Å². The largest absolute Gasteiger partial charge is 0.508 e. The second kappa shape index (κ2) is 5.92. The van der Waals surface area contributed by atoms with Gasteiger partial charge in [-0.25, -0.2) is 0 Å². The highest BCUT2D eigenvalue weighted by atomic mass is 32.1. The Kier molecular flexibility index (Phi) is 4.25. The van der Waals surface area contributed by atoms with Crippen molar-refractivity contribution < 1.29 is 5.11 Å². The normalized spacial score (nSPS) is 10.2. The minimum Gasteiger partial charge on any atom is -0.508 e.